The highest BCUT2D eigenvalue weighted by Gasteiger charge is 2.19. The van der Waals surface area contributed by atoms with Crippen molar-refractivity contribution in [3.8, 4) is 0 Å². The lowest BCUT2D eigenvalue weighted by atomic mass is 10.2. The lowest BCUT2D eigenvalue weighted by Crippen LogP contribution is -2.14. The number of halogens is 2. The van der Waals surface area contributed by atoms with Crippen molar-refractivity contribution in [3.63, 3.8) is 0 Å². The number of aromatic nitrogens is 1. The van der Waals surface area contributed by atoms with Gasteiger partial charge in [0, 0.05) is 36.5 Å². The van der Waals surface area contributed by atoms with Crippen LogP contribution in [0, 0.1) is 5.82 Å². The third kappa shape index (κ3) is 3.37. The van der Waals surface area contributed by atoms with Crippen LogP contribution in [-0.4, -0.2) is 10.6 Å². The summed E-state index contributed by atoms with van der Waals surface area (Å²) in [6.07, 6.45) is 6.67. The van der Waals surface area contributed by atoms with E-state index >= 15 is 0 Å². The highest BCUT2D eigenvalue weighted by molar-refractivity contribution is 6.31. The number of rotatable bonds is 5. The fourth-order valence-electron chi connectivity index (χ4n) is 2.10. The van der Waals surface area contributed by atoms with E-state index in [2.05, 4.69) is 17.6 Å². The van der Waals surface area contributed by atoms with Crippen LogP contribution in [0.15, 0.2) is 36.7 Å². The Balaban J connectivity index is 1.66. The summed E-state index contributed by atoms with van der Waals surface area (Å²) in [6.45, 7) is 1.49. The van der Waals surface area contributed by atoms with Gasteiger partial charge in [-0.1, -0.05) is 11.6 Å². The molecule has 0 radical (unpaired) electrons. The number of benzene rings is 1. The topological polar surface area (TPSA) is 17.0 Å². The maximum Gasteiger partial charge on any atom is 0.123 e. The van der Waals surface area contributed by atoms with Crippen LogP contribution in [0.4, 0.5) is 4.39 Å². The quantitative estimate of drug-likeness (QED) is 0.885. The minimum atomic E-state index is -0.248. The standard InChI is InChI=1S/C15H16ClFN2/c16-15-4-1-13(17)7-12(15)10-19-6-5-11(9-19)8-18-14-2-3-14/h1,4-7,9,14,18H,2-3,8,10H2. The zero-order chi connectivity index (χ0) is 13.2. The van der Waals surface area contributed by atoms with Gasteiger partial charge in [-0.3, -0.25) is 0 Å². The predicted molar refractivity (Wildman–Crippen MR) is 74.8 cm³/mol. The minimum absolute atomic E-state index is 0.248. The molecule has 1 aromatic carbocycles. The zero-order valence-corrected chi connectivity index (χ0v) is 11.3. The molecule has 2 nitrogen and oxygen atoms in total. The summed E-state index contributed by atoms with van der Waals surface area (Å²) in [7, 11) is 0. The molecule has 100 valence electrons. The van der Waals surface area contributed by atoms with Crippen LogP contribution in [0.2, 0.25) is 5.02 Å². The molecule has 0 atom stereocenters. The average molecular weight is 279 g/mol. The number of hydrogen-bond acceptors (Lipinski definition) is 1. The van der Waals surface area contributed by atoms with E-state index in [-0.39, 0.29) is 5.82 Å². The first-order chi connectivity index (χ1) is 9.20. The molecule has 3 rings (SSSR count). The Kier molecular flexibility index (Phi) is 3.58. The third-order valence-electron chi connectivity index (χ3n) is 3.34. The minimum Gasteiger partial charge on any atom is -0.350 e. The van der Waals surface area contributed by atoms with E-state index < -0.39 is 0 Å². The average Bonchev–Trinajstić information content (AvgIpc) is 3.12. The van der Waals surface area contributed by atoms with Gasteiger partial charge < -0.3 is 9.88 Å². The van der Waals surface area contributed by atoms with Gasteiger partial charge in [0.25, 0.3) is 0 Å². The van der Waals surface area contributed by atoms with Crippen molar-refractivity contribution in [2.45, 2.75) is 32.0 Å². The van der Waals surface area contributed by atoms with Gasteiger partial charge in [0.15, 0.2) is 0 Å². The Bertz CT molecular complexity index is 575. The van der Waals surface area contributed by atoms with E-state index in [1.165, 1.54) is 30.5 Å². The van der Waals surface area contributed by atoms with Crippen molar-refractivity contribution >= 4 is 11.6 Å². The molecule has 19 heavy (non-hydrogen) atoms. The van der Waals surface area contributed by atoms with Crippen molar-refractivity contribution in [1.82, 2.24) is 9.88 Å². The van der Waals surface area contributed by atoms with Gasteiger partial charge in [-0.05, 0) is 48.2 Å². The fraction of sp³-hybridized carbons (Fsp3) is 0.333. The zero-order valence-electron chi connectivity index (χ0n) is 10.6. The van der Waals surface area contributed by atoms with Crippen LogP contribution in [0.25, 0.3) is 0 Å². The summed E-state index contributed by atoms with van der Waals surface area (Å²) in [5.74, 6) is -0.248. The molecule has 1 saturated carbocycles. The smallest absolute Gasteiger partial charge is 0.123 e. The molecule has 1 aromatic heterocycles. The summed E-state index contributed by atoms with van der Waals surface area (Å²) in [4.78, 5) is 0. The molecular weight excluding hydrogens is 263 g/mol. The van der Waals surface area contributed by atoms with Crippen LogP contribution < -0.4 is 5.32 Å². The van der Waals surface area contributed by atoms with E-state index in [0.29, 0.717) is 17.6 Å². The van der Waals surface area contributed by atoms with Gasteiger partial charge in [0.1, 0.15) is 5.82 Å². The molecule has 0 bridgehead atoms. The van der Waals surface area contributed by atoms with Crippen LogP contribution in [0.3, 0.4) is 0 Å². The van der Waals surface area contributed by atoms with Crippen LogP contribution >= 0.6 is 11.6 Å². The number of nitrogens with one attached hydrogen (secondary N) is 1. The Morgan fingerprint density at radius 2 is 2.16 bits per heavy atom. The van der Waals surface area contributed by atoms with Gasteiger partial charge in [0.2, 0.25) is 0 Å². The Morgan fingerprint density at radius 1 is 1.32 bits per heavy atom. The number of nitrogens with zero attached hydrogens (tertiary/aromatic N) is 1. The van der Waals surface area contributed by atoms with Gasteiger partial charge in [-0.15, -0.1) is 0 Å². The first-order valence-corrected chi connectivity index (χ1v) is 6.90. The molecule has 0 spiro atoms. The van der Waals surface area contributed by atoms with Gasteiger partial charge >= 0.3 is 0 Å². The second-order valence-electron chi connectivity index (χ2n) is 5.08. The van der Waals surface area contributed by atoms with Crippen molar-refractivity contribution in [1.29, 1.82) is 0 Å². The van der Waals surface area contributed by atoms with Crippen molar-refractivity contribution in [2.75, 3.05) is 0 Å². The maximum atomic E-state index is 13.2. The molecule has 4 heteroatoms. The molecule has 0 saturated heterocycles. The SMILES string of the molecule is Fc1ccc(Cl)c(Cn2ccc(CNC3CC3)c2)c1. The monoisotopic (exact) mass is 278 g/mol. The van der Waals surface area contributed by atoms with E-state index in [1.54, 1.807) is 6.07 Å². The van der Waals surface area contributed by atoms with Crippen molar-refractivity contribution < 1.29 is 4.39 Å². The molecule has 1 heterocycles. The molecule has 1 fully saturated rings. The Morgan fingerprint density at radius 3 is 2.95 bits per heavy atom. The fourth-order valence-corrected chi connectivity index (χ4v) is 2.28. The molecular formula is C15H16ClFN2. The summed E-state index contributed by atoms with van der Waals surface area (Å²) in [5, 5.41) is 4.08. The van der Waals surface area contributed by atoms with E-state index in [0.717, 1.165) is 12.1 Å². The highest BCUT2D eigenvalue weighted by Crippen LogP contribution is 2.20. The number of hydrogen-bond donors (Lipinski definition) is 1. The Labute approximate surface area is 117 Å². The normalized spacial score (nSPS) is 14.8. The summed E-state index contributed by atoms with van der Waals surface area (Å²) in [6, 6.07) is 7.27. The summed E-state index contributed by atoms with van der Waals surface area (Å²) < 4.78 is 15.2. The summed E-state index contributed by atoms with van der Waals surface area (Å²) >= 11 is 6.07. The van der Waals surface area contributed by atoms with E-state index in [4.69, 9.17) is 11.6 Å². The van der Waals surface area contributed by atoms with Crippen molar-refractivity contribution in [2.24, 2.45) is 0 Å². The van der Waals surface area contributed by atoms with Gasteiger partial charge in [-0.25, -0.2) is 4.39 Å². The second kappa shape index (κ2) is 5.35. The van der Waals surface area contributed by atoms with Crippen LogP contribution in [0.1, 0.15) is 24.0 Å². The second-order valence-corrected chi connectivity index (χ2v) is 5.49. The van der Waals surface area contributed by atoms with Gasteiger partial charge in [-0.2, -0.15) is 0 Å². The lowest BCUT2D eigenvalue weighted by molar-refractivity contribution is 0.623. The molecule has 1 N–H and O–H groups in total. The molecule has 0 unspecified atom stereocenters. The first-order valence-electron chi connectivity index (χ1n) is 6.53. The largest absolute Gasteiger partial charge is 0.350 e. The molecule has 0 amide bonds. The third-order valence-corrected chi connectivity index (χ3v) is 3.71. The van der Waals surface area contributed by atoms with Crippen LogP contribution in [-0.2, 0) is 13.1 Å². The Hall–Kier alpha value is -1.32. The van der Waals surface area contributed by atoms with E-state index in [9.17, 15) is 4.39 Å². The molecule has 2 aromatic rings. The maximum absolute atomic E-state index is 13.2. The molecule has 1 aliphatic rings. The first kappa shape index (κ1) is 12.7. The lowest BCUT2D eigenvalue weighted by Gasteiger charge is -2.06. The highest BCUT2D eigenvalue weighted by atomic mass is 35.5. The summed E-state index contributed by atoms with van der Waals surface area (Å²) in [5.41, 5.74) is 2.05. The van der Waals surface area contributed by atoms with Crippen LogP contribution in [0.5, 0.6) is 0 Å². The molecule has 0 aliphatic heterocycles. The van der Waals surface area contributed by atoms with E-state index in [1.807, 2.05) is 10.8 Å². The van der Waals surface area contributed by atoms with Gasteiger partial charge in [0.05, 0.1) is 0 Å². The predicted octanol–water partition coefficient (Wildman–Crippen LogP) is 3.58. The van der Waals surface area contributed by atoms with Crippen molar-refractivity contribution in [3.05, 3.63) is 58.6 Å². The molecule has 1 aliphatic carbocycles.